The highest BCUT2D eigenvalue weighted by Crippen LogP contribution is 2.28. The molecule has 102 valence electrons. The Bertz CT molecular complexity index is 547. The molecular weight excluding hydrogens is 258 g/mol. The van der Waals surface area contributed by atoms with E-state index in [9.17, 15) is 0 Å². The summed E-state index contributed by atoms with van der Waals surface area (Å²) in [5, 5.41) is 4.33. The maximum absolute atomic E-state index is 6.10. The minimum atomic E-state index is 0.135. The van der Waals surface area contributed by atoms with Crippen LogP contribution in [0.4, 0.5) is 0 Å². The fraction of sp³-hybridized carbons (Fsp3) is 0.375. The van der Waals surface area contributed by atoms with Crippen LogP contribution in [0.5, 0.6) is 0 Å². The lowest BCUT2D eigenvalue weighted by atomic mass is 9.99. The molecule has 2 nitrogen and oxygen atoms in total. The van der Waals surface area contributed by atoms with Gasteiger partial charge in [0.15, 0.2) is 0 Å². The number of furan rings is 1. The second-order valence-corrected chi connectivity index (χ2v) is 5.25. The zero-order valence-corrected chi connectivity index (χ0v) is 12.4. The molecule has 0 aliphatic heterocycles. The molecule has 1 aromatic heterocycles. The third-order valence-corrected chi connectivity index (χ3v) is 3.41. The van der Waals surface area contributed by atoms with Crippen LogP contribution in [0.25, 0.3) is 0 Å². The Kier molecular flexibility index (Phi) is 4.67. The van der Waals surface area contributed by atoms with Gasteiger partial charge in [-0.2, -0.15) is 0 Å². The zero-order chi connectivity index (χ0) is 13.8. The van der Waals surface area contributed by atoms with E-state index in [4.69, 9.17) is 16.0 Å². The van der Waals surface area contributed by atoms with E-state index in [1.54, 1.807) is 0 Å². The fourth-order valence-electron chi connectivity index (χ4n) is 2.32. The van der Waals surface area contributed by atoms with Crippen LogP contribution in [-0.4, -0.2) is 6.54 Å². The molecule has 2 rings (SSSR count). The first-order valence-corrected chi connectivity index (χ1v) is 7.05. The molecule has 0 spiro atoms. The number of aryl methyl sites for hydroxylation is 2. The molecule has 0 aliphatic rings. The van der Waals surface area contributed by atoms with Gasteiger partial charge >= 0.3 is 0 Å². The van der Waals surface area contributed by atoms with Crippen molar-refractivity contribution in [2.24, 2.45) is 0 Å². The van der Waals surface area contributed by atoms with Crippen molar-refractivity contribution in [3.8, 4) is 0 Å². The van der Waals surface area contributed by atoms with Crippen molar-refractivity contribution in [1.82, 2.24) is 5.32 Å². The van der Waals surface area contributed by atoms with Crippen LogP contribution in [0.2, 0.25) is 5.02 Å². The molecule has 1 atom stereocenters. The summed E-state index contributed by atoms with van der Waals surface area (Å²) in [7, 11) is 0. The van der Waals surface area contributed by atoms with Gasteiger partial charge in [-0.1, -0.05) is 30.7 Å². The average Bonchev–Trinajstić information content (AvgIpc) is 2.69. The molecule has 1 heterocycles. The van der Waals surface area contributed by atoms with Crippen LogP contribution in [-0.2, 0) is 0 Å². The molecule has 0 saturated carbocycles. The summed E-state index contributed by atoms with van der Waals surface area (Å²) in [6.07, 6.45) is 1.09. The standard InChI is InChI=1S/C16H20ClNO/c1-4-8-18-16(13-6-5-7-14(17)10-13)15-9-11(2)19-12(15)3/h5-7,9-10,16,18H,4,8H2,1-3H3. The molecule has 1 N–H and O–H groups in total. The molecule has 0 bridgehead atoms. The number of rotatable bonds is 5. The molecule has 0 amide bonds. The Balaban J connectivity index is 2.38. The summed E-state index contributed by atoms with van der Waals surface area (Å²) in [4.78, 5) is 0. The van der Waals surface area contributed by atoms with Crippen LogP contribution >= 0.6 is 11.6 Å². The first-order chi connectivity index (χ1) is 9.11. The van der Waals surface area contributed by atoms with Gasteiger partial charge < -0.3 is 9.73 Å². The highest BCUT2D eigenvalue weighted by Gasteiger charge is 2.18. The van der Waals surface area contributed by atoms with Crippen molar-refractivity contribution in [2.75, 3.05) is 6.54 Å². The second-order valence-electron chi connectivity index (χ2n) is 4.81. The Labute approximate surface area is 119 Å². The van der Waals surface area contributed by atoms with Crippen LogP contribution in [0.15, 0.2) is 34.7 Å². The molecule has 1 aromatic carbocycles. The maximum atomic E-state index is 6.10. The van der Waals surface area contributed by atoms with Gasteiger partial charge in [0.2, 0.25) is 0 Å². The molecule has 0 fully saturated rings. The summed E-state index contributed by atoms with van der Waals surface area (Å²) < 4.78 is 5.65. The monoisotopic (exact) mass is 277 g/mol. The Morgan fingerprint density at radius 2 is 2.05 bits per heavy atom. The number of halogens is 1. The van der Waals surface area contributed by atoms with Gasteiger partial charge in [0.25, 0.3) is 0 Å². The number of hydrogen-bond donors (Lipinski definition) is 1. The molecule has 0 saturated heterocycles. The Morgan fingerprint density at radius 1 is 1.26 bits per heavy atom. The number of hydrogen-bond acceptors (Lipinski definition) is 2. The number of benzene rings is 1. The van der Waals surface area contributed by atoms with Gasteiger partial charge in [-0.3, -0.25) is 0 Å². The van der Waals surface area contributed by atoms with Crippen molar-refractivity contribution in [1.29, 1.82) is 0 Å². The van der Waals surface area contributed by atoms with Crippen LogP contribution in [0.3, 0.4) is 0 Å². The highest BCUT2D eigenvalue weighted by molar-refractivity contribution is 6.30. The predicted octanol–water partition coefficient (Wildman–Crippen LogP) is 4.64. The summed E-state index contributed by atoms with van der Waals surface area (Å²) in [6.45, 7) is 7.11. The van der Waals surface area contributed by atoms with E-state index in [2.05, 4.69) is 24.4 Å². The normalized spacial score (nSPS) is 12.6. The molecule has 0 aliphatic carbocycles. The van der Waals surface area contributed by atoms with Crippen LogP contribution in [0.1, 0.15) is 42.0 Å². The van der Waals surface area contributed by atoms with E-state index in [0.29, 0.717) is 0 Å². The third-order valence-electron chi connectivity index (χ3n) is 3.17. The minimum absolute atomic E-state index is 0.135. The third kappa shape index (κ3) is 3.40. The predicted molar refractivity (Wildman–Crippen MR) is 79.8 cm³/mol. The molecule has 2 aromatic rings. The molecular formula is C16H20ClNO. The van der Waals surface area contributed by atoms with E-state index in [0.717, 1.165) is 29.5 Å². The smallest absolute Gasteiger partial charge is 0.106 e. The average molecular weight is 278 g/mol. The summed E-state index contributed by atoms with van der Waals surface area (Å²) in [5.41, 5.74) is 2.36. The maximum Gasteiger partial charge on any atom is 0.106 e. The lowest BCUT2D eigenvalue weighted by Crippen LogP contribution is -2.23. The van der Waals surface area contributed by atoms with Gasteiger partial charge in [0, 0.05) is 10.6 Å². The highest BCUT2D eigenvalue weighted by atomic mass is 35.5. The zero-order valence-electron chi connectivity index (χ0n) is 11.7. The Hall–Kier alpha value is -1.25. The SMILES string of the molecule is CCCNC(c1cccc(Cl)c1)c1cc(C)oc1C. The van der Waals surface area contributed by atoms with E-state index in [1.165, 1.54) is 11.1 Å². The summed E-state index contributed by atoms with van der Waals surface area (Å²) in [5.74, 6) is 1.91. The van der Waals surface area contributed by atoms with E-state index >= 15 is 0 Å². The Morgan fingerprint density at radius 3 is 2.63 bits per heavy atom. The van der Waals surface area contributed by atoms with Crippen LogP contribution in [0, 0.1) is 13.8 Å². The summed E-state index contributed by atoms with van der Waals surface area (Å²) >= 11 is 6.10. The molecule has 3 heteroatoms. The minimum Gasteiger partial charge on any atom is -0.466 e. The quantitative estimate of drug-likeness (QED) is 0.861. The van der Waals surface area contributed by atoms with Gasteiger partial charge in [0.05, 0.1) is 6.04 Å². The first kappa shape index (κ1) is 14.2. The fourth-order valence-corrected chi connectivity index (χ4v) is 2.52. The van der Waals surface area contributed by atoms with E-state index < -0.39 is 0 Å². The molecule has 19 heavy (non-hydrogen) atoms. The number of nitrogens with one attached hydrogen (secondary N) is 1. The van der Waals surface area contributed by atoms with Gasteiger partial charge in [-0.05, 0) is 50.6 Å². The van der Waals surface area contributed by atoms with Crippen molar-refractivity contribution in [3.63, 3.8) is 0 Å². The largest absolute Gasteiger partial charge is 0.466 e. The van der Waals surface area contributed by atoms with Crippen molar-refractivity contribution >= 4 is 11.6 Å². The van der Waals surface area contributed by atoms with Gasteiger partial charge in [-0.15, -0.1) is 0 Å². The first-order valence-electron chi connectivity index (χ1n) is 6.67. The second kappa shape index (κ2) is 6.27. The van der Waals surface area contributed by atoms with Gasteiger partial charge in [0.1, 0.15) is 11.5 Å². The topological polar surface area (TPSA) is 25.2 Å². The molecule has 1 unspecified atom stereocenters. The van der Waals surface area contributed by atoms with Crippen molar-refractivity contribution in [2.45, 2.75) is 33.2 Å². The van der Waals surface area contributed by atoms with Gasteiger partial charge in [-0.25, -0.2) is 0 Å². The van der Waals surface area contributed by atoms with Crippen LogP contribution < -0.4 is 5.32 Å². The molecule has 0 radical (unpaired) electrons. The van der Waals surface area contributed by atoms with E-state index in [1.807, 2.05) is 32.0 Å². The van der Waals surface area contributed by atoms with Crippen molar-refractivity contribution in [3.05, 3.63) is 58.0 Å². The summed E-state index contributed by atoms with van der Waals surface area (Å²) in [6, 6.07) is 10.2. The van der Waals surface area contributed by atoms with Crippen molar-refractivity contribution < 1.29 is 4.42 Å². The van der Waals surface area contributed by atoms with E-state index in [-0.39, 0.29) is 6.04 Å². The lowest BCUT2D eigenvalue weighted by Gasteiger charge is -2.19. The lowest BCUT2D eigenvalue weighted by molar-refractivity contribution is 0.493.